The van der Waals surface area contributed by atoms with Crippen LogP contribution in [0.2, 0.25) is 0 Å². The molecule has 0 saturated heterocycles. The monoisotopic (exact) mass is 332 g/mol. The normalized spacial score (nSPS) is 21.3. The summed E-state index contributed by atoms with van der Waals surface area (Å²) in [6, 6.07) is 19.1. The number of phenolic OH excluding ortho intramolecular Hbond substituents is 1. The van der Waals surface area contributed by atoms with Crippen molar-refractivity contribution >= 4 is 5.71 Å². The standard InChI is InChI=1S/C20H16N2O3/c23-17-8-3-1-6-13(17)15-12-16-14-7-2-4-9-18(14)25-20(22(16)21-15)19-10-5-11-24-19/h1-11,16,20,23H,12H2. The fraction of sp³-hybridized carbons (Fsp3) is 0.150. The summed E-state index contributed by atoms with van der Waals surface area (Å²) in [5, 5.41) is 16.9. The molecule has 5 nitrogen and oxygen atoms in total. The predicted molar refractivity (Wildman–Crippen MR) is 92.4 cm³/mol. The number of rotatable bonds is 2. The summed E-state index contributed by atoms with van der Waals surface area (Å²) in [7, 11) is 0. The molecule has 2 unspecified atom stereocenters. The second-order valence-electron chi connectivity index (χ2n) is 6.19. The fourth-order valence-corrected chi connectivity index (χ4v) is 3.53. The lowest BCUT2D eigenvalue weighted by atomic mass is 9.96. The Morgan fingerprint density at radius 3 is 2.68 bits per heavy atom. The Labute approximate surface area is 144 Å². The van der Waals surface area contributed by atoms with Crippen molar-refractivity contribution in [3.63, 3.8) is 0 Å². The first-order valence-corrected chi connectivity index (χ1v) is 8.24. The molecule has 2 aliphatic heterocycles. The molecule has 0 bridgehead atoms. The molecule has 0 spiro atoms. The number of hydrazone groups is 1. The van der Waals surface area contributed by atoms with Gasteiger partial charge in [0, 0.05) is 17.5 Å². The molecule has 5 heteroatoms. The van der Waals surface area contributed by atoms with E-state index in [4.69, 9.17) is 14.3 Å². The van der Waals surface area contributed by atoms with Crippen LogP contribution in [0.15, 0.2) is 76.4 Å². The third-order valence-corrected chi connectivity index (χ3v) is 4.70. The molecule has 0 radical (unpaired) electrons. The van der Waals surface area contributed by atoms with Gasteiger partial charge in [0.2, 0.25) is 6.23 Å². The Kier molecular flexibility index (Phi) is 3.06. The highest BCUT2D eigenvalue weighted by molar-refractivity contribution is 6.04. The SMILES string of the molecule is Oc1ccccc1C1=NN2C(C1)c1ccccc1OC2c1ccco1. The Bertz CT molecular complexity index is 949. The molecule has 0 amide bonds. The smallest absolute Gasteiger partial charge is 0.246 e. The molecule has 25 heavy (non-hydrogen) atoms. The van der Waals surface area contributed by atoms with Crippen LogP contribution < -0.4 is 4.74 Å². The average molecular weight is 332 g/mol. The Hall–Kier alpha value is -3.21. The maximum Gasteiger partial charge on any atom is 0.246 e. The molecule has 3 heterocycles. The molecule has 0 fully saturated rings. The van der Waals surface area contributed by atoms with Crippen LogP contribution in [0.5, 0.6) is 11.5 Å². The lowest BCUT2D eigenvalue weighted by Gasteiger charge is -2.36. The first kappa shape index (κ1) is 14.2. The molecule has 124 valence electrons. The number of hydrogen-bond acceptors (Lipinski definition) is 5. The summed E-state index contributed by atoms with van der Waals surface area (Å²) in [6.07, 6.45) is 1.92. The van der Waals surface area contributed by atoms with Crippen LogP contribution in [0, 0.1) is 0 Å². The Morgan fingerprint density at radius 1 is 1.00 bits per heavy atom. The summed E-state index contributed by atoms with van der Waals surface area (Å²) in [6.45, 7) is 0. The highest BCUT2D eigenvalue weighted by atomic mass is 16.5. The van der Waals surface area contributed by atoms with E-state index in [-0.39, 0.29) is 11.8 Å². The van der Waals surface area contributed by atoms with E-state index in [0.717, 1.165) is 22.6 Å². The number of benzene rings is 2. The zero-order valence-corrected chi connectivity index (χ0v) is 13.4. The number of aromatic hydroxyl groups is 1. The number of ether oxygens (including phenoxy) is 1. The van der Waals surface area contributed by atoms with Gasteiger partial charge in [-0.25, -0.2) is 5.01 Å². The van der Waals surface area contributed by atoms with Gasteiger partial charge < -0.3 is 14.3 Å². The molecular weight excluding hydrogens is 316 g/mol. The van der Waals surface area contributed by atoms with Crippen molar-refractivity contribution < 1.29 is 14.3 Å². The first-order valence-electron chi connectivity index (χ1n) is 8.24. The summed E-state index contributed by atoms with van der Waals surface area (Å²) in [5.41, 5.74) is 2.70. The van der Waals surface area contributed by atoms with E-state index in [1.165, 1.54) is 0 Å². The van der Waals surface area contributed by atoms with E-state index in [0.29, 0.717) is 12.2 Å². The average Bonchev–Trinajstić information content (AvgIpc) is 3.31. The van der Waals surface area contributed by atoms with Gasteiger partial charge in [-0.3, -0.25) is 0 Å². The van der Waals surface area contributed by atoms with Crippen molar-refractivity contribution in [2.45, 2.75) is 18.7 Å². The number of para-hydroxylation sites is 2. The van der Waals surface area contributed by atoms with Crippen molar-refractivity contribution in [1.82, 2.24) is 5.01 Å². The fourth-order valence-electron chi connectivity index (χ4n) is 3.53. The molecule has 0 aliphatic carbocycles. The van der Waals surface area contributed by atoms with Crippen molar-refractivity contribution in [2.75, 3.05) is 0 Å². The maximum absolute atomic E-state index is 10.2. The minimum absolute atomic E-state index is 0.0506. The molecule has 0 saturated carbocycles. The van der Waals surface area contributed by atoms with Crippen molar-refractivity contribution in [3.8, 4) is 11.5 Å². The quantitative estimate of drug-likeness (QED) is 0.763. The number of nitrogens with zero attached hydrogens (tertiary/aromatic N) is 2. The van der Waals surface area contributed by atoms with Gasteiger partial charge in [0.25, 0.3) is 0 Å². The zero-order chi connectivity index (χ0) is 16.8. The zero-order valence-electron chi connectivity index (χ0n) is 13.4. The van der Waals surface area contributed by atoms with Crippen molar-refractivity contribution in [3.05, 3.63) is 83.8 Å². The lowest BCUT2D eigenvalue weighted by molar-refractivity contribution is -0.0325. The topological polar surface area (TPSA) is 58.2 Å². The van der Waals surface area contributed by atoms with Gasteiger partial charge in [0.05, 0.1) is 18.0 Å². The third kappa shape index (κ3) is 2.20. The maximum atomic E-state index is 10.2. The van der Waals surface area contributed by atoms with Gasteiger partial charge in [-0.05, 0) is 30.3 Å². The summed E-state index contributed by atoms with van der Waals surface area (Å²) < 4.78 is 11.7. The van der Waals surface area contributed by atoms with Gasteiger partial charge in [0.1, 0.15) is 11.5 Å². The van der Waals surface area contributed by atoms with E-state index in [1.54, 1.807) is 12.3 Å². The van der Waals surface area contributed by atoms with Crippen LogP contribution in [0.25, 0.3) is 0 Å². The molecular formula is C20H16N2O3. The van der Waals surface area contributed by atoms with Crippen molar-refractivity contribution in [1.29, 1.82) is 0 Å². The van der Waals surface area contributed by atoms with E-state index >= 15 is 0 Å². The third-order valence-electron chi connectivity index (χ3n) is 4.70. The van der Waals surface area contributed by atoms with Gasteiger partial charge in [-0.2, -0.15) is 5.10 Å². The first-order chi connectivity index (χ1) is 12.3. The molecule has 1 aromatic heterocycles. The van der Waals surface area contributed by atoms with Gasteiger partial charge in [-0.1, -0.05) is 30.3 Å². The van der Waals surface area contributed by atoms with Gasteiger partial charge in [0.15, 0.2) is 5.76 Å². The molecule has 1 N–H and O–H groups in total. The lowest BCUT2D eigenvalue weighted by Crippen LogP contribution is -2.33. The van der Waals surface area contributed by atoms with Crippen LogP contribution in [0.4, 0.5) is 0 Å². The van der Waals surface area contributed by atoms with Crippen LogP contribution in [0.3, 0.4) is 0 Å². The minimum Gasteiger partial charge on any atom is -0.507 e. The second kappa shape index (κ2) is 5.41. The second-order valence-corrected chi connectivity index (χ2v) is 6.19. The highest BCUT2D eigenvalue weighted by Crippen LogP contribution is 2.47. The molecule has 2 atom stereocenters. The van der Waals surface area contributed by atoms with E-state index in [1.807, 2.05) is 53.5 Å². The van der Waals surface area contributed by atoms with Crippen LogP contribution in [-0.4, -0.2) is 15.8 Å². The van der Waals surface area contributed by atoms with E-state index in [9.17, 15) is 5.11 Å². The Balaban J connectivity index is 1.62. The summed E-state index contributed by atoms with van der Waals surface area (Å²) >= 11 is 0. The van der Waals surface area contributed by atoms with Gasteiger partial charge in [-0.15, -0.1) is 0 Å². The van der Waals surface area contributed by atoms with Gasteiger partial charge >= 0.3 is 0 Å². The van der Waals surface area contributed by atoms with E-state index in [2.05, 4.69) is 6.07 Å². The minimum atomic E-state index is -0.418. The molecule has 2 aromatic carbocycles. The number of furan rings is 1. The predicted octanol–water partition coefficient (Wildman–Crippen LogP) is 4.23. The summed E-state index contributed by atoms with van der Waals surface area (Å²) in [4.78, 5) is 0. The summed E-state index contributed by atoms with van der Waals surface area (Å²) in [5.74, 6) is 1.80. The molecule has 5 rings (SSSR count). The number of hydrogen-bond donors (Lipinski definition) is 1. The van der Waals surface area contributed by atoms with Crippen LogP contribution in [0.1, 0.15) is 35.6 Å². The largest absolute Gasteiger partial charge is 0.507 e. The molecule has 2 aliphatic rings. The highest BCUT2D eigenvalue weighted by Gasteiger charge is 2.42. The number of phenols is 1. The van der Waals surface area contributed by atoms with Crippen LogP contribution >= 0.6 is 0 Å². The molecule has 3 aromatic rings. The number of fused-ring (bicyclic) bond motifs is 3. The van der Waals surface area contributed by atoms with Crippen molar-refractivity contribution in [2.24, 2.45) is 5.10 Å². The Morgan fingerprint density at radius 2 is 1.84 bits per heavy atom. The van der Waals surface area contributed by atoms with E-state index < -0.39 is 6.23 Å². The van der Waals surface area contributed by atoms with Crippen LogP contribution in [-0.2, 0) is 0 Å².